The van der Waals surface area contributed by atoms with E-state index in [1.807, 2.05) is 0 Å². The molecule has 3 nitrogen and oxygen atoms in total. The van der Waals surface area contributed by atoms with E-state index in [-0.39, 0.29) is 11.1 Å². The molecule has 0 aliphatic rings. The number of oxazole rings is 1. The first kappa shape index (κ1) is 11.3. The predicted octanol–water partition coefficient (Wildman–Crippen LogP) is 2.92. The number of hydrogen-bond donors (Lipinski definition) is 0. The van der Waals surface area contributed by atoms with Crippen molar-refractivity contribution in [3.05, 3.63) is 33.2 Å². The molecule has 7 heteroatoms. The van der Waals surface area contributed by atoms with Gasteiger partial charge < -0.3 is 4.42 Å². The van der Waals surface area contributed by atoms with Crippen LogP contribution in [0.3, 0.4) is 0 Å². The lowest BCUT2D eigenvalue weighted by molar-refractivity contribution is -0.140. The average molecular weight is 296 g/mol. The van der Waals surface area contributed by atoms with Crippen LogP contribution in [0.1, 0.15) is 0 Å². The molecule has 1 aromatic carbocycles. The van der Waals surface area contributed by atoms with Crippen molar-refractivity contribution in [3.63, 3.8) is 0 Å². The fourth-order valence-electron chi connectivity index (χ4n) is 1.37. The highest BCUT2D eigenvalue weighted by Crippen LogP contribution is 2.22. The lowest BCUT2D eigenvalue weighted by atomic mass is 10.3. The first-order chi connectivity index (χ1) is 7.37. The van der Waals surface area contributed by atoms with Gasteiger partial charge in [0.1, 0.15) is 6.54 Å². The summed E-state index contributed by atoms with van der Waals surface area (Å²) in [6.45, 7) is -1.35. The monoisotopic (exact) mass is 295 g/mol. The predicted molar refractivity (Wildman–Crippen MR) is 54.2 cm³/mol. The minimum absolute atomic E-state index is 0.128. The maximum Gasteiger partial charge on any atom is 0.420 e. The molecular weight excluding hydrogens is 291 g/mol. The molecular formula is C9H5BrF3NO2. The molecule has 2 aromatic rings. The number of halogens is 4. The molecule has 0 N–H and O–H groups in total. The summed E-state index contributed by atoms with van der Waals surface area (Å²) in [6, 6.07) is 4.39. The number of alkyl halides is 3. The minimum atomic E-state index is -4.45. The Morgan fingerprint density at radius 2 is 2.06 bits per heavy atom. The second-order valence-electron chi connectivity index (χ2n) is 3.18. The summed E-state index contributed by atoms with van der Waals surface area (Å²) >= 11 is 3.13. The van der Waals surface area contributed by atoms with Crippen molar-refractivity contribution in [2.75, 3.05) is 0 Å². The van der Waals surface area contributed by atoms with E-state index in [0.29, 0.717) is 9.04 Å². The van der Waals surface area contributed by atoms with E-state index in [4.69, 9.17) is 4.42 Å². The van der Waals surface area contributed by atoms with Crippen LogP contribution in [0.5, 0.6) is 0 Å². The largest absolute Gasteiger partial charge is 0.420 e. The Hall–Kier alpha value is -1.24. The van der Waals surface area contributed by atoms with Crippen LogP contribution in [-0.2, 0) is 6.54 Å². The molecule has 0 saturated carbocycles. The standard InChI is InChI=1S/C9H5BrF3NO2/c10-5-1-2-6-7(3-5)16-8(15)14(6)4-9(11,12)13/h1-3H,4H2. The van der Waals surface area contributed by atoms with Gasteiger partial charge in [0.05, 0.1) is 5.52 Å². The van der Waals surface area contributed by atoms with Crippen LogP contribution in [-0.4, -0.2) is 10.7 Å². The summed E-state index contributed by atoms with van der Waals surface area (Å²) in [5, 5.41) is 0. The van der Waals surface area contributed by atoms with Gasteiger partial charge in [-0.3, -0.25) is 4.57 Å². The zero-order chi connectivity index (χ0) is 11.9. The molecule has 0 aliphatic carbocycles. The topological polar surface area (TPSA) is 35.1 Å². The van der Waals surface area contributed by atoms with E-state index < -0.39 is 18.5 Å². The van der Waals surface area contributed by atoms with Crippen LogP contribution in [0, 0.1) is 0 Å². The van der Waals surface area contributed by atoms with Gasteiger partial charge in [-0.2, -0.15) is 13.2 Å². The van der Waals surface area contributed by atoms with Gasteiger partial charge in [-0.25, -0.2) is 4.79 Å². The number of rotatable bonds is 1. The zero-order valence-corrected chi connectivity index (χ0v) is 9.30. The molecule has 2 rings (SSSR count). The SMILES string of the molecule is O=c1oc2cc(Br)ccc2n1CC(F)(F)F. The van der Waals surface area contributed by atoms with E-state index in [0.717, 1.165) is 0 Å². The summed E-state index contributed by atoms with van der Waals surface area (Å²) in [4.78, 5) is 11.2. The highest BCUT2D eigenvalue weighted by atomic mass is 79.9. The highest BCUT2D eigenvalue weighted by Gasteiger charge is 2.30. The van der Waals surface area contributed by atoms with Gasteiger partial charge in [-0.15, -0.1) is 0 Å². The Kier molecular flexibility index (Phi) is 2.57. The summed E-state index contributed by atoms with van der Waals surface area (Å²) in [5.74, 6) is -1.01. The van der Waals surface area contributed by atoms with E-state index >= 15 is 0 Å². The van der Waals surface area contributed by atoms with Crippen molar-refractivity contribution < 1.29 is 17.6 Å². The van der Waals surface area contributed by atoms with Gasteiger partial charge in [-0.05, 0) is 18.2 Å². The van der Waals surface area contributed by atoms with Crippen LogP contribution in [0.15, 0.2) is 31.9 Å². The van der Waals surface area contributed by atoms with Crippen molar-refractivity contribution in [2.45, 2.75) is 12.7 Å². The molecule has 0 radical (unpaired) electrons. The fraction of sp³-hybridized carbons (Fsp3) is 0.222. The summed E-state index contributed by atoms with van der Waals surface area (Å²) in [7, 11) is 0. The van der Waals surface area contributed by atoms with Gasteiger partial charge in [0.25, 0.3) is 0 Å². The number of benzene rings is 1. The average Bonchev–Trinajstić information content (AvgIpc) is 2.40. The van der Waals surface area contributed by atoms with E-state index in [1.54, 1.807) is 6.07 Å². The molecule has 0 aliphatic heterocycles. The summed E-state index contributed by atoms with van der Waals surface area (Å²) in [5.41, 5.74) is 0.258. The van der Waals surface area contributed by atoms with Gasteiger partial charge in [0, 0.05) is 4.47 Å². The molecule has 0 unspecified atom stereocenters. The first-order valence-electron chi connectivity index (χ1n) is 4.22. The second-order valence-corrected chi connectivity index (χ2v) is 4.10. The van der Waals surface area contributed by atoms with Crippen LogP contribution in [0.4, 0.5) is 13.2 Å². The molecule has 0 bridgehead atoms. The Bertz CT molecular complexity index is 584. The molecule has 1 heterocycles. The maximum absolute atomic E-state index is 12.2. The van der Waals surface area contributed by atoms with Gasteiger partial charge in [-0.1, -0.05) is 15.9 Å². The summed E-state index contributed by atoms with van der Waals surface area (Å²) in [6.07, 6.45) is -4.45. The Balaban J connectivity index is 2.61. The molecule has 0 atom stereocenters. The fourth-order valence-corrected chi connectivity index (χ4v) is 1.71. The Labute approximate surface area is 95.6 Å². The zero-order valence-electron chi connectivity index (χ0n) is 7.71. The third-order valence-corrected chi connectivity index (χ3v) is 2.46. The van der Waals surface area contributed by atoms with Crippen molar-refractivity contribution in [1.29, 1.82) is 0 Å². The van der Waals surface area contributed by atoms with Crippen molar-refractivity contribution in [1.82, 2.24) is 4.57 Å². The molecule has 0 fully saturated rings. The van der Waals surface area contributed by atoms with E-state index in [2.05, 4.69) is 15.9 Å². The Morgan fingerprint density at radius 3 is 2.69 bits per heavy atom. The van der Waals surface area contributed by atoms with Gasteiger partial charge in [0.15, 0.2) is 5.58 Å². The maximum atomic E-state index is 12.2. The number of aromatic nitrogens is 1. The number of hydrogen-bond acceptors (Lipinski definition) is 2. The molecule has 16 heavy (non-hydrogen) atoms. The number of fused-ring (bicyclic) bond motifs is 1. The molecule has 86 valence electrons. The molecule has 0 spiro atoms. The lowest BCUT2D eigenvalue weighted by Crippen LogP contribution is -2.24. The van der Waals surface area contributed by atoms with Crippen LogP contribution in [0.25, 0.3) is 11.1 Å². The lowest BCUT2D eigenvalue weighted by Gasteiger charge is -2.05. The van der Waals surface area contributed by atoms with Crippen LogP contribution < -0.4 is 5.76 Å². The second kappa shape index (κ2) is 3.65. The van der Waals surface area contributed by atoms with E-state index in [1.165, 1.54) is 12.1 Å². The van der Waals surface area contributed by atoms with Gasteiger partial charge >= 0.3 is 11.9 Å². The third kappa shape index (κ3) is 2.13. The van der Waals surface area contributed by atoms with Crippen molar-refractivity contribution in [2.24, 2.45) is 0 Å². The molecule has 0 amide bonds. The molecule has 1 aromatic heterocycles. The summed E-state index contributed by atoms with van der Waals surface area (Å²) < 4.78 is 42.5. The van der Waals surface area contributed by atoms with Crippen molar-refractivity contribution >= 4 is 27.0 Å². The quantitative estimate of drug-likeness (QED) is 0.811. The van der Waals surface area contributed by atoms with Crippen molar-refractivity contribution in [3.8, 4) is 0 Å². The minimum Gasteiger partial charge on any atom is -0.408 e. The highest BCUT2D eigenvalue weighted by molar-refractivity contribution is 9.10. The Morgan fingerprint density at radius 1 is 1.38 bits per heavy atom. The normalized spacial score (nSPS) is 12.2. The number of nitrogens with zero attached hydrogens (tertiary/aromatic N) is 1. The van der Waals surface area contributed by atoms with Crippen LogP contribution >= 0.6 is 15.9 Å². The first-order valence-corrected chi connectivity index (χ1v) is 5.02. The molecule has 0 saturated heterocycles. The van der Waals surface area contributed by atoms with Crippen LogP contribution in [0.2, 0.25) is 0 Å². The van der Waals surface area contributed by atoms with Gasteiger partial charge in [0.2, 0.25) is 0 Å². The third-order valence-electron chi connectivity index (χ3n) is 1.97. The van der Waals surface area contributed by atoms with E-state index in [9.17, 15) is 18.0 Å². The smallest absolute Gasteiger partial charge is 0.408 e.